The maximum absolute atomic E-state index is 12.4. The van der Waals surface area contributed by atoms with Crippen molar-refractivity contribution in [2.24, 2.45) is 5.92 Å². The van der Waals surface area contributed by atoms with Crippen LogP contribution in [0.1, 0.15) is 45.8 Å². The Morgan fingerprint density at radius 1 is 0.886 bits per heavy atom. The molecule has 3 aromatic carbocycles. The van der Waals surface area contributed by atoms with Gasteiger partial charge < -0.3 is 20.5 Å². The Morgan fingerprint density at radius 2 is 1.49 bits per heavy atom. The topological polar surface area (TPSA) is 105 Å². The summed E-state index contributed by atoms with van der Waals surface area (Å²) in [4.78, 5) is 36.1. The van der Waals surface area contributed by atoms with Crippen LogP contribution >= 0.6 is 0 Å². The lowest BCUT2D eigenvalue weighted by atomic mass is 9.98. The molecule has 0 radical (unpaired) electrons. The van der Waals surface area contributed by atoms with Crippen LogP contribution < -0.4 is 10.6 Å². The first-order valence-electron chi connectivity index (χ1n) is 11.7. The number of carboxylic acids is 1. The lowest BCUT2D eigenvalue weighted by molar-refractivity contribution is -0.139. The van der Waals surface area contributed by atoms with Crippen LogP contribution in [-0.2, 0) is 16.1 Å². The molecule has 178 valence electrons. The Bertz CT molecular complexity index is 1220. The molecule has 1 saturated carbocycles. The molecule has 3 aromatic rings. The highest BCUT2D eigenvalue weighted by atomic mass is 16.5. The van der Waals surface area contributed by atoms with E-state index in [-0.39, 0.29) is 25.0 Å². The van der Waals surface area contributed by atoms with Crippen molar-refractivity contribution >= 4 is 18.0 Å². The summed E-state index contributed by atoms with van der Waals surface area (Å²) in [5.41, 5.74) is 5.83. The number of amides is 2. The van der Waals surface area contributed by atoms with Gasteiger partial charge in [-0.05, 0) is 58.7 Å². The van der Waals surface area contributed by atoms with Gasteiger partial charge in [-0.3, -0.25) is 4.79 Å². The normalized spacial score (nSPS) is 15.0. The summed E-state index contributed by atoms with van der Waals surface area (Å²) < 4.78 is 5.55. The fourth-order valence-electron chi connectivity index (χ4n) is 4.63. The van der Waals surface area contributed by atoms with Crippen molar-refractivity contribution in [1.82, 2.24) is 10.6 Å². The summed E-state index contributed by atoms with van der Waals surface area (Å²) in [7, 11) is 0. The van der Waals surface area contributed by atoms with Crippen LogP contribution in [0, 0.1) is 5.92 Å². The SMILES string of the molecule is O=C(NCc1ccc(C(=O)NC(C(=O)O)C2CC2)cc1)OCC1c2ccccc2-c2ccccc21. The Balaban J connectivity index is 1.14. The standard InChI is InChI=1S/C28H26N2O5/c31-26(30-25(27(32)33)18-13-14-18)19-11-9-17(10-12-19)15-29-28(34)35-16-24-22-7-3-1-5-20(22)21-6-2-4-8-23(21)24/h1-12,18,24-25H,13-16H2,(H,29,34)(H,30,31)(H,32,33). The molecule has 7 heteroatoms. The van der Waals surface area contributed by atoms with Crippen molar-refractivity contribution < 1.29 is 24.2 Å². The molecule has 0 aliphatic heterocycles. The van der Waals surface area contributed by atoms with E-state index in [9.17, 15) is 19.5 Å². The third-order valence-electron chi connectivity index (χ3n) is 6.64. The van der Waals surface area contributed by atoms with Crippen molar-refractivity contribution in [3.63, 3.8) is 0 Å². The number of benzene rings is 3. The van der Waals surface area contributed by atoms with Crippen LogP contribution in [0.2, 0.25) is 0 Å². The Hall–Kier alpha value is -4.13. The average molecular weight is 471 g/mol. The van der Waals surface area contributed by atoms with Gasteiger partial charge in [0.25, 0.3) is 5.91 Å². The number of fused-ring (bicyclic) bond motifs is 3. The van der Waals surface area contributed by atoms with Gasteiger partial charge in [-0.25, -0.2) is 9.59 Å². The van der Waals surface area contributed by atoms with Crippen molar-refractivity contribution in [2.75, 3.05) is 6.61 Å². The van der Waals surface area contributed by atoms with E-state index in [1.165, 1.54) is 11.1 Å². The van der Waals surface area contributed by atoms with E-state index in [2.05, 4.69) is 34.9 Å². The first-order chi connectivity index (χ1) is 17.0. The zero-order valence-electron chi connectivity index (χ0n) is 19.1. The molecular formula is C28H26N2O5. The molecule has 2 amide bonds. The number of rotatable bonds is 8. The summed E-state index contributed by atoms with van der Waals surface area (Å²) in [6.07, 6.45) is 1.12. The van der Waals surface area contributed by atoms with Crippen molar-refractivity contribution in [1.29, 1.82) is 0 Å². The van der Waals surface area contributed by atoms with E-state index >= 15 is 0 Å². The highest BCUT2D eigenvalue weighted by Crippen LogP contribution is 2.44. The average Bonchev–Trinajstić information content (AvgIpc) is 3.67. The monoisotopic (exact) mass is 470 g/mol. The second-order valence-electron chi connectivity index (χ2n) is 9.00. The third kappa shape index (κ3) is 4.89. The second kappa shape index (κ2) is 9.62. The van der Waals surface area contributed by atoms with Crippen LogP contribution in [0.4, 0.5) is 4.79 Å². The van der Waals surface area contributed by atoms with Crippen LogP contribution in [0.5, 0.6) is 0 Å². The zero-order chi connectivity index (χ0) is 24.4. The summed E-state index contributed by atoms with van der Waals surface area (Å²) in [5.74, 6) is -1.42. The number of carboxylic acid groups (broad SMARTS) is 1. The number of ether oxygens (including phenoxy) is 1. The van der Waals surface area contributed by atoms with Crippen molar-refractivity contribution in [2.45, 2.75) is 31.3 Å². The van der Waals surface area contributed by atoms with Gasteiger partial charge in [0.2, 0.25) is 0 Å². The minimum Gasteiger partial charge on any atom is -0.480 e. The third-order valence-corrected chi connectivity index (χ3v) is 6.64. The molecule has 0 spiro atoms. The van der Waals surface area contributed by atoms with Gasteiger partial charge in [0.15, 0.2) is 0 Å². The Kier molecular flexibility index (Phi) is 6.23. The predicted molar refractivity (Wildman–Crippen MR) is 130 cm³/mol. The van der Waals surface area contributed by atoms with Crippen LogP contribution in [0.3, 0.4) is 0 Å². The molecule has 1 atom stereocenters. The first kappa shape index (κ1) is 22.7. The lowest BCUT2D eigenvalue weighted by Crippen LogP contribution is -2.42. The lowest BCUT2D eigenvalue weighted by Gasteiger charge is -2.15. The molecule has 2 aliphatic carbocycles. The molecular weight excluding hydrogens is 444 g/mol. The molecule has 0 bridgehead atoms. The maximum Gasteiger partial charge on any atom is 0.407 e. The fraction of sp³-hybridized carbons (Fsp3) is 0.250. The van der Waals surface area contributed by atoms with Gasteiger partial charge in [0.05, 0.1) is 0 Å². The molecule has 3 N–H and O–H groups in total. The van der Waals surface area contributed by atoms with Crippen LogP contribution in [0.25, 0.3) is 11.1 Å². The molecule has 35 heavy (non-hydrogen) atoms. The van der Waals surface area contributed by atoms with E-state index < -0.39 is 24.0 Å². The summed E-state index contributed by atoms with van der Waals surface area (Å²) in [5, 5.41) is 14.6. The number of carbonyl (C=O) groups is 3. The van der Waals surface area contributed by atoms with Crippen LogP contribution in [-0.4, -0.2) is 35.7 Å². The number of aliphatic carboxylic acids is 1. The minimum absolute atomic E-state index is 0.00351. The van der Waals surface area contributed by atoms with Gasteiger partial charge >= 0.3 is 12.1 Å². The highest BCUT2D eigenvalue weighted by Gasteiger charge is 2.37. The van der Waals surface area contributed by atoms with E-state index in [4.69, 9.17) is 4.74 Å². The highest BCUT2D eigenvalue weighted by molar-refractivity contribution is 5.96. The number of hydrogen-bond donors (Lipinski definition) is 3. The van der Waals surface area contributed by atoms with Gasteiger partial charge in [0, 0.05) is 18.0 Å². The van der Waals surface area contributed by atoms with E-state index in [0.717, 1.165) is 29.5 Å². The van der Waals surface area contributed by atoms with E-state index in [1.807, 2.05) is 24.3 Å². The molecule has 2 aliphatic rings. The van der Waals surface area contributed by atoms with Gasteiger partial charge in [-0.1, -0.05) is 60.7 Å². The Labute approximate surface area is 203 Å². The predicted octanol–water partition coefficient (Wildman–Crippen LogP) is 4.32. The molecule has 0 heterocycles. The van der Waals surface area contributed by atoms with E-state index in [1.54, 1.807) is 24.3 Å². The van der Waals surface area contributed by atoms with Crippen molar-refractivity contribution in [3.05, 3.63) is 95.1 Å². The van der Waals surface area contributed by atoms with Gasteiger partial charge in [0.1, 0.15) is 12.6 Å². The summed E-state index contributed by atoms with van der Waals surface area (Å²) in [6, 6.07) is 22.2. The van der Waals surface area contributed by atoms with E-state index in [0.29, 0.717) is 5.56 Å². The molecule has 0 saturated heterocycles. The molecule has 5 rings (SSSR count). The summed E-state index contributed by atoms with van der Waals surface area (Å²) >= 11 is 0. The second-order valence-corrected chi connectivity index (χ2v) is 9.00. The van der Waals surface area contributed by atoms with Gasteiger partial charge in [-0.2, -0.15) is 0 Å². The molecule has 1 unspecified atom stereocenters. The molecule has 7 nitrogen and oxygen atoms in total. The molecule has 0 aromatic heterocycles. The van der Waals surface area contributed by atoms with Crippen LogP contribution in [0.15, 0.2) is 72.8 Å². The number of alkyl carbamates (subject to hydrolysis) is 1. The van der Waals surface area contributed by atoms with Gasteiger partial charge in [-0.15, -0.1) is 0 Å². The number of hydrogen-bond acceptors (Lipinski definition) is 4. The summed E-state index contributed by atoms with van der Waals surface area (Å²) in [6.45, 7) is 0.489. The maximum atomic E-state index is 12.4. The number of nitrogens with one attached hydrogen (secondary N) is 2. The quantitative estimate of drug-likeness (QED) is 0.455. The zero-order valence-corrected chi connectivity index (χ0v) is 19.1. The largest absolute Gasteiger partial charge is 0.480 e. The fourth-order valence-corrected chi connectivity index (χ4v) is 4.63. The minimum atomic E-state index is -1.01. The number of carbonyl (C=O) groups excluding carboxylic acids is 2. The van der Waals surface area contributed by atoms with Crippen molar-refractivity contribution in [3.8, 4) is 11.1 Å². The molecule has 1 fully saturated rings. The Morgan fingerprint density at radius 3 is 2.06 bits per heavy atom. The first-order valence-corrected chi connectivity index (χ1v) is 11.7. The smallest absolute Gasteiger partial charge is 0.407 e.